The van der Waals surface area contributed by atoms with Gasteiger partial charge < -0.3 is 5.32 Å². The van der Waals surface area contributed by atoms with Crippen LogP contribution in [0.4, 0.5) is 0 Å². The van der Waals surface area contributed by atoms with Crippen molar-refractivity contribution in [3.8, 4) is 6.07 Å². The lowest BCUT2D eigenvalue weighted by Crippen LogP contribution is -2.44. The van der Waals surface area contributed by atoms with E-state index in [0.717, 1.165) is 12.1 Å². The molecule has 1 heterocycles. The van der Waals surface area contributed by atoms with Crippen LogP contribution < -0.4 is 5.32 Å². The Balaban J connectivity index is 1.91. The number of rotatable bonds is 6. The molecule has 1 saturated heterocycles. The van der Waals surface area contributed by atoms with E-state index >= 15 is 0 Å². The van der Waals surface area contributed by atoms with Crippen molar-refractivity contribution in [1.82, 2.24) is 10.2 Å². The Kier molecular flexibility index (Phi) is 5.78. The Bertz CT molecular complexity index is 466. The highest BCUT2D eigenvalue weighted by Crippen LogP contribution is 2.19. The summed E-state index contributed by atoms with van der Waals surface area (Å²) in [7, 11) is 0. The molecule has 1 aliphatic heterocycles. The van der Waals surface area contributed by atoms with Crippen LogP contribution in [-0.4, -0.2) is 30.6 Å². The topological polar surface area (TPSA) is 39.1 Å². The molecule has 2 rings (SSSR count). The number of likely N-dealkylation sites (tertiary alicyclic amines) is 1. The first-order valence-corrected chi connectivity index (χ1v) is 8.09. The molecule has 1 aromatic rings. The second-order valence-corrected chi connectivity index (χ2v) is 6.42. The van der Waals surface area contributed by atoms with Crippen molar-refractivity contribution < 1.29 is 0 Å². The SMILES string of the molecule is CC(NCC(C(C)C)N1CCCC1)c1ccc(C#N)cc1. The van der Waals surface area contributed by atoms with Gasteiger partial charge in [-0.1, -0.05) is 26.0 Å². The van der Waals surface area contributed by atoms with E-state index in [1.165, 1.54) is 31.5 Å². The summed E-state index contributed by atoms with van der Waals surface area (Å²) in [5, 5.41) is 12.5. The van der Waals surface area contributed by atoms with E-state index in [0.29, 0.717) is 18.0 Å². The summed E-state index contributed by atoms with van der Waals surface area (Å²) in [4.78, 5) is 2.63. The maximum Gasteiger partial charge on any atom is 0.0991 e. The number of hydrogen-bond donors (Lipinski definition) is 1. The Morgan fingerprint density at radius 1 is 1.14 bits per heavy atom. The van der Waals surface area contributed by atoms with Gasteiger partial charge in [-0.3, -0.25) is 4.90 Å². The molecule has 1 aromatic carbocycles. The highest BCUT2D eigenvalue weighted by molar-refractivity contribution is 5.32. The number of nitrogens with zero attached hydrogens (tertiary/aromatic N) is 2. The molecule has 1 fully saturated rings. The Morgan fingerprint density at radius 3 is 2.29 bits per heavy atom. The van der Waals surface area contributed by atoms with E-state index < -0.39 is 0 Å². The molecule has 2 unspecified atom stereocenters. The summed E-state index contributed by atoms with van der Waals surface area (Å²) in [6, 6.07) is 11.0. The maximum atomic E-state index is 8.85. The Morgan fingerprint density at radius 2 is 1.76 bits per heavy atom. The summed E-state index contributed by atoms with van der Waals surface area (Å²) in [5.74, 6) is 0.670. The van der Waals surface area contributed by atoms with Crippen LogP contribution in [0.2, 0.25) is 0 Å². The second kappa shape index (κ2) is 7.59. The zero-order valence-corrected chi connectivity index (χ0v) is 13.5. The number of nitriles is 1. The van der Waals surface area contributed by atoms with Gasteiger partial charge in [-0.05, 0) is 56.5 Å². The van der Waals surface area contributed by atoms with Crippen LogP contribution in [0.5, 0.6) is 0 Å². The van der Waals surface area contributed by atoms with Crippen molar-refractivity contribution in [2.24, 2.45) is 5.92 Å². The number of benzene rings is 1. The fourth-order valence-electron chi connectivity index (χ4n) is 3.12. The molecule has 0 radical (unpaired) electrons. The molecule has 114 valence electrons. The maximum absolute atomic E-state index is 8.85. The molecule has 0 bridgehead atoms. The molecule has 3 heteroatoms. The molecule has 0 spiro atoms. The molecule has 1 N–H and O–H groups in total. The molecule has 2 atom stereocenters. The standard InChI is InChI=1S/C18H27N3/c1-14(2)18(21-10-4-5-11-21)13-20-15(3)17-8-6-16(12-19)7-9-17/h6-9,14-15,18,20H,4-5,10-11,13H2,1-3H3. The molecule has 21 heavy (non-hydrogen) atoms. The van der Waals surface area contributed by atoms with Crippen LogP contribution in [0.1, 0.15) is 50.8 Å². The first-order chi connectivity index (χ1) is 10.1. The van der Waals surface area contributed by atoms with Crippen molar-refractivity contribution in [3.63, 3.8) is 0 Å². The van der Waals surface area contributed by atoms with Gasteiger partial charge in [0.1, 0.15) is 0 Å². The van der Waals surface area contributed by atoms with E-state index in [2.05, 4.69) is 49.2 Å². The van der Waals surface area contributed by atoms with Crippen LogP contribution in [0.15, 0.2) is 24.3 Å². The van der Waals surface area contributed by atoms with E-state index in [1.54, 1.807) is 0 Å². The highest BCUT2D eigenvalue weighted by atomic mass is 15.2. The first-order valence-electron chi connectivity index (χ1n) is 8.09. The summed E-state index contributed by atoms with van der Waals surface area (Å²) in [5.41, 5.74) is 1.97. The average Bonchev–Trinajstić information content (AvgIpc) is 3.01. The van der Waals surface area contributed by atoms with Gasteiger partial charge in [-0.25, -0.2) is 0 Å². The fraction of sp³-hybridized carbons (Fsp3) is 0.611. The smallest absolute Gasteiger partial charge is 0.0991 e. The lowest BCUT2D eigenvalue weighted by atomic mass is 10.0. The minimum absolute atomic E-state index is 0.321. The lowest BCUT2D eigenvalue weighted by molar-refractivity contribution is 0.183. The summed E-state index contributed by atoms with van der Waals surface area (Å²) in [6.45, 7) is 10.3. The highest BCUT2D eigenvalue weighted by Gasteiger charge is 2.24. The van der Waals surface area contributed by atoms with Gasteiger partial charge in [0, 0.05) is 18.6 Å². The van der Waals surface area contributed by atoms with Crippen LogP contribution in [0.25, 0.3) is 0 Å². The lowest BCUT2D eigenvalue weighted by Gasteiger charge is -2.32. The van der Waals surface area contributed by atoms with Gasteiger partial charge in [0.2, 0.25) is 0 Å². The molecular weight excluding hydrogens is 258 g/mol. The van der Waals surface area contributed by atoms with E-state index in [-0.39, 0.29) is 0 Å². The zero-order valence-electron chi connectivity index (χ0n) is 13.5. The van der Waals surface area contributed by atoms with Gasteiger partial charge >= 0.3 is 0 Å². The number of nitrogens with one attached hydrogen (secondary N) is 1. The largest absolute Gasteiger partial charge is 0.309 e. The molecule has 3 nitrogen and oxygen atoms in total. The minimum Gasteiger partial charge on any atom is -0.309 e. The van der Waals surface area contributed by atoms with E-state index in [9.17, 15) is 0 Å². The zero-order chi connectivity index (χ0) is 15.2. The molecule has 0 aliphatic carbocycles. The summed E-state index contributed by atoms with van der Waals surface area (Å²) >= 11 is 0. The van der Waals surface area contributed by atoms with E-state index in [4.69, 9.17) is 5.26 Å². The third-order valence-corrected chi connectivity index (χ3v) is 4.55. The Labute approximate surface area is 129 Å². The van der Waals surface area contributed by atoms with Gasteiger partial charge in [0.05, 0.1) is 11.6 Å². The Hall–Kier alpha value is -1.37. The van der Waals surface area contributed by atoms with Gasteiger partial charge in [0.15, 0.2) is 0 Å². The monoisotopic (exact) mass is 285 g/mol. The third-order valence-electron chi connectivity index (χ3n) is 4.55. The molecule has 1 aliphatic rings. The predicted molar refractivity (Wildman–Crippen MR) is 87.0 cm³/mol. The summed E-state index contributed by atoms with van der Waals surface area (Å²) < 4.78 is 0. The van der Waals surface area contributed by atoms with Crippen molar-refractivity contribution in [2.45, 2.75) is 45.7 Å². The van der Waals surface area contributed by atoms with E-state index in [1.807, 2.05) is 12.1 Å². The number of hydrogen-bond acceptors (Lipinski definition) is 3. The predicted octanol–water partition coefficient (Wildman–Crippen LogP) is 3.33. The second-order valence-electron chi connectivity index (χ2n) is 6.42. The minimum atomic E-state index is 0.321. The van der Waals surface area contributed by atoms with Crippen LogP contribution in [0.3, 0.4) is 0 Å². The van der Waals surface area contributed by atoms with Gasteiger partial charge in [-0.15, -0.1) is 0 Å². The molecule has 0 saturated carbocycles. The normalized spacial score (nSPS) is 18.6. The molecule has 0 amide bonds. The third kappa shape index (κ3) is 4.30. The van der Waals surface area contributed by atoms with Gasteiger partial charge in [-0.2, -0.15) is 5.26 Å². The van der Waals surface area contributed by atoms with Crippen molar-refractivity contribution >= 4 is 0 Å². The summed E-state index contributed by atoms with van der Waals surface area (Å²) in [6.07, 6.45) is 2.68. The first kappa shape index (κ1) is 16.0. The molecule has 0 aromatic heterocycles. The average molecular weight is 285 g/mol. The van der Waals surface area contributed by atoms with Crippen LogP contribution in [0, 0.1) is 17.2 Å². The quantitative estimate of drug-likeness (QED) is 0.871. The van der Waals surface area contributed by atoms with Crippen LogP contribution >= 0.6 is 0 Å². The van der Waals surface area contributed by atoms with Gasteiger partial charge in [0.25, 0.3) is 0 Å². The van der Waals surface area contributed by atoms with Crippen molar-refractivity contribution in [2.75, 3.05) is 19.6 Å². The van der Waals surface area contributed by atoms with Crippen molar-refractivity contribution in [1.29, 1.82) is 5.26 Å². The van der Waals surface area contributed by atoms with Crippen molar-refractivity contribution in [3.05, 3.63) is 35.4 Å². The molecular formula is C18H27N3. The fourth-order valence-corrected chi connectivity index (χ4v) is 3.12. The van der Waals surface area contributed by atoms with Crippen LogP contribution in [-0.2, 0) is 0 Å².